The second-order valence-electron chi connectivity index (χ2n) is 6.64. The Balaban J connectivity index is 2.03. The SMILES string of the molecule is CC(C)CNC(=O)CN1C(=O)NC2(CCCCC2C)C1=O. The molecular formula is C15H25N3O3. The fourth-order valence-electron chi connectivity index (χ4n) is 3.16. The molecule has 2 N–H and O–H groups in total. The fourth-order valence-corrected chi connectivity index (χ4v) is 3.16. The smallest absolute Gasteiger partial charge is 0.325 e. The summed E-state index contributed by atoms with van der Waals surface area (Å²) < 4.78 is 0. The number of hydrogen-bond acceptors (Lipinski definition) is 3. The molecule has 0 aromatic carbocycles. The van der Waals surface area contributed by atoms with Gasteiger partial charge >= 0.3 is 6.03 Å². The first-order valence-corrected chi connectivity index (χ1v) is 7.77. The van der Waals surface area contributed by atoms with Crippen molar-refractivity contribution in [1.82, 2.24) is 15.5 Å². The summed E-state index contributed by atoms with van der Waals surface area (Å²) in [5.41, 5.74) is -0.784. The van der Waals surface area contributed by atoms with Crippen molar-refractivity contribution >= 4 is 17.8 Å². The Morgan fingerprint density at radius 1 is 1.43 bits per heavy atom. The van der Waals surface area contributed by atoms with Crippen LogP contribution in [0.3, 0.4) is 0 Å². The molecule has 4 amide bonds. The summed E-state index contributed by atoms with van der Waals surface area (Å²) in [6, 6.07) is -0.437. The van der Waals surface area contributed by atoms with E-state index in [2.05, 4.69) is 10.6 Å². The van der Waals surface area contributed by atoms with E-state index in [1.54, 1.807) is 0 Å². The van der Waals surface area contributed by atoms with Gasteiger partial charge < -0.3 is 10.6 Å². The van der Waals surface area contributed by atoms with Gasteiger partial charge in [0, 0.05) is 6.54 Å². The average Bonchev–Trinajstić information content (AvgIpc) is 2.65. The minimum atomic E-state index is -0.784. The maximum atomic E-state index is 12.6. The Kier molecular flexibility index (Phi) is 4.54. The van der Waals surface area contributed by atoms with E-state index in [0.717, 1.165) is 24.2 Å². The summed E-state index contributed by atoms with van der Waals surface area (Å²) in [5, 5.41) is 5.59. The monoisotopic (exact) mass is 295 g/mol. The van der Waals surface area contributed by atoms with E-state index in [4.69, 9.17) is 0 Å². The lowest BCUT2D eigenvalue weighted by Crippen LogP contribution is -2.54. The molecule has 2 unspecified atom stereocenters. The number of urea groups is 1. The van der Waals surface area contributed by atoms with Gasteiger partial charge in [-0.15, -0.1) is 0 Å². The molecule has 1 saturated heterocycles. The van der Waals surface area contributed by atoms with Crippen molar-refractivity contribution in [3.05, 3.63) is 0 Å². The molecule has 6 nitrogen and oxygen atoms in total. The molecule has 2 aliphatic rings. The number of carbonyl (C=O) groups is 3. The third-order valence-electron chi connectivity index (χ3n) is 4.51. The predicted molar refractivity (Wildman–Crippen MR) is 78.5 cm³/mol. The molecule has 0 radical (unpaired) electrons. The van der Waals surface area contributed by atoms with Crippen molar-refractivity contribution in [2.45, 2.75) is 52.0 Å². The minimum Gasteiger partial charge on any atom is -0.354 e. The molecule has 118 valence electrons. The number of nitrogens with one attached hydrogen (secondary N) is 2. The van der Waals surface area contributed by atoms with Crippen LogP contribution in [0, 0.1) is 11.8 Å². The number of rotatable bonds is 4. The van der Waals surface area contributed by atoms with Crippen LogP contribution in [-0.2, 0) is 9.59 Å². The lowest BCUT2D eigenvalue weighted by molar-refractivity contribution is -0.137. The topological polar surface area (TPSA) is 78.5 Å². The van der Waals surface area contributed by atoms with E-state index in [-0.39, 0.29) is 24.3 Å². The van der Waals surface area contributed by atoms with Crippen LogP contribution in [0.4, 0.5) is 4.79 Å². The van der Waals surface area contributed by atoms with Gasteiger partial charge in [0.15, 0.2) is 0 Å². The molecule has 2 rings (SSSR count). The lowest BCUT2D eigenvalue weighted by Gasteiger charge is -2.36. The van der Waals surface area contributed by atoms with E-state index in [1.165, 1.54) is 0 Å². The van der Waals surface area contributed by atoms with E-state index >= 15 is 0 Å². The molecule has 0 aromatic heterocycles. The van der Waals surface area contributed by atoms with E-state index in [0.29, 0.717) is 18.9 Å². The highest BCUT2D eigenvalue weighted by Crippen LogP contribution is 2.38. The number of nitrogens with zero attached hydrogens (tertiary/aromatic N) is 1. The Morgan fingerprint density at radius 2 is 2.14 bits per heavy atom. The normalized spacial score (nSPS) is 29.1. The second kappa shape index (κ2) is 6.03. The van der Waals surface area contributed by atoms with Gasteiger partial charge in [-0.2, -0.15) is 0 Å². The summed E-state index contributed by atoms with van der Waals surface area (Å²) >= 11 is 0. The number of carbonyl (C=O) groups excluding carboxylic acids is 3. The molecule has 1 heterocycles. The molecule has 1 aliphatic heterocycles. The maximum Gasteiger partial charge on any atom is 0.325 e. The molecule has 0 aromatic rings. The van der Waals surface area contributed by atoms with Crippen molar-refractivity contribution in [1.29, 1.82) is 0 Å². The Bertz CT molecular complexity index is 449. The third-order valence-corrected chi connectivity index (χ3v) is 4.51. The second-order valence-corrected chi connectivity index (χ2v) is 6.64. The predicted octanol–water partition coefficient (Wildman–Crippen LogP) is 1.26. The van der Waals surface area contributed by atoms with Crippen LogP contribution in [-0.4, -0.2) is 41.4 Å². The highest BCUT2D eigenvalue weighted by atomic mass is 16.2. The molecule has 21 heavy (non-hydrogen) atoms. The van der Waals surface area contributed by atoms with E-state index in [9.17, 15) is 14.4 Å². The van der Waals surface area contributed by atoms with Crippen LogP contribution in [0.5, 0.6) is 0 Å². The van der Waals surface area contributed by atoms with Gasteiger partial charge in [-0.05, 0) is 24.7 Å². The molecular weight excluding hydrogens is 270 g/mol. The Hall–Kier alpha value is -1.59. The van der Waals surface area contributed by atoms with E-state index in [1.807, 2.05) is 20.8 Å². The van der Waals surface area contributed by atoms with Crippen molar-refractivity contribution in [2.75, 3.05) is 13.1 Å². The lowest BCUT2D eigenvalue weighted by atomic mass is 9.73. The van der Waals surface area contributed by atoms with Crippen molar-refractivity contribution in [3.8, 4) is 0 Å². The van der Waals surface area contributed by atoms with Crippen LogP contribution in [0.2, 0.25) is 0 Å². The van der Waals surface area contributed by atoms with Gasteiger partial charge in [0.2, 0.25) is 5.91 Å². The molecule has 0 bridgehead atoms. The molecule has 6 heteroatoms. The zero-order valence-electron chi connectivity index (χ0n) is 13.1. The quantitative estimate of drug-likeness (QED) is 0.766. The summed E-state index contributed by atoms with van der Waals surface area (Å²) in [5.74, 6) is -0.0692. The molecule has 1 saturated carbocycles. The summed E-state index contributed by atoms with van der Waals surface area (Å²) in [7, 11) is 0. The number of hydrogen-bond donors (Lipinski definition) is 2. The van der Waals surface area contributed by atoms with Crippen LogP contribution < -0.4 is 10.6 Å². The van der Waals surface area contributed by atoms with Gasteiger partial charge in [-0.3, -0.25) is 14.5 Å². The summed E-state index contributed by atoms with van der Waals surface area (Å²) in [6.07, 6.45) is 3.62. The zero-order chi connectivity index (χ0) is 15.6. The first-order chi connectivity index (χ1) is 9.86. The van der Waals surface area contributed by atoms with Crippen LogP contribution in [0.15, 0.2) is 0 Å². The maximum absolute atomic E-state index is 12.6. The summed E-state index contributed by atoms with van der Waals surface area (Å²) in [6.45, 7) is 6.34. The van der Waals surface area contributed by atoms with Crippen molar-refractivity contribution < 1.29 is 14.4 Å². The van der Waals surface area contributed by atoms with Gasteiger partial charge in [0.05, 0.1) is 0 Å². The largest absolute Gasteiger partial charge is 0.354 e. The number of imide groups is 1. The molecule has 2 fully saturated rings. The van der Waals surface area contributed by atoms with E-state index < -0.39 is 11.6 Å². The Morgan fingerprint density at radius 3 is 2.76 bits per heavy atom. The third kappa shape index (κ3) is 3.04. The number of amides is 4. The highest BCUT2D eigenvalue weighted by molar-refractivity contribution is 6.09. The molecule has 1 spiro atoms. The first kappa shape index (κ1) is 15.8. The Labute approximate surface area is 125 Å². The van der Waals surface area contributed by atoms with Gasteiger partial charge in [0.1, 0.15) is 12.1 Å². The fraction of sp³-hybridized carbons (Fsp3) is 0.800. The van der Waals surface area contributed by atoms with Crippen molar-refractivity contribution in [3.63, 3.8) is 0 Å². The summed E-state index contributed by atoms with van der Waals surface area (Å²) in [4.78, 5) is 37.7. The van der Waals surface area contributed by atoms with Crippen LogP contribution in [0.1, 0.15) is 46.5 Å². The van der Waals surface area contributed by atoms with Crippen molar-refractivity contribution in [2.24, 2.45) is 11.8 Å². The molecule has 1 aliphatic carbocycles. The van der Waals surface area contributed by atoms with Gasteiger partial charge in [-0.25, -0.2) is 4.79 Å². The molecule has 2 atom stereocenters. The van der Waals surface area contributed by atoms with Gasteiger partial charge in [-0.1, -0.05) is 33.6 Å². The standard InChI is InChI=1S/C15H25N3O3/c1-10(2)8-16-12(19)9-18-13(20)15(17-14(18)21)7-5-4-6-11(15)3/h10-11H,4-9H2,1-3H3,(H,16,19)(H,17,21). The van der Waals surface area contributed by atoms with Crippen LogP contribution >= 0.6 is 0 Å². The first-order valence-electron chi connectivity index (χ1n) is 7.77. The zero-order valence-corrected chi connectivity index (χ0v) is 13.1. The highest BCUT2D eigenvalue weighted by Gasteiger charge is 2.55. The average molecular weight is 295 g/mol. The van der Waals surface area contributed by atoms with Gasteiger partial charge in [0.25, 0.3) is 5.91 Å². The minimum absolute atomic E-state index is 0.117. The van der Waals surface area contributed by atoms with Crippen LogP contribution in [0.25, 0.3) is 0 Å².